The van der Waals surface area contributed by atoms with Crippen LogP contribution in [0.4, 0.5) is 4.79 Å². The van der Waals surface area contributed by atoms with Gasteiger partial charge in [-0.15, -0.1) is 0 Å². The Balaban J connectivity index is 4.20. The standard InChI is InChI=1S/C9H18N4O3/c1-3-4-5(2)12-9(16)13-6(7(10)14)8(11)15/h5-6H,3-4H2,1-2H3,(H2,10,14)(H2,11,15)(H2,12,13,16)/t5-/m0/s1. The van der Waals surface area contributed by atoms with E-state index in [0.29, 0.717) is 0 Å². The lowest BCUT2D eigenvalue weighted by molar-refractivity contribution is -0.128. The second-order valence-electron chi connectivity index (χ2n) is 3.55. The Kier molecular flexibility index (Phi) is 5.91. The maximum atomic E-state index is 11.3. The fraction of sp³-hybridized carbons (Fsp3) is 0.667. The summed E-state index contributed by atoms with van der Waals surface area (Å²) in [5.41, 5.74) is 9.79. The van der Waals surface area contributed by atoms with E-state index in [0.717, 1.165) is 12.8 Å². The Bertz CT molecular complexity index is 266. The minimum absolute atomic E-state index is 0.0496. The van der Waals surface area contributed by atoms with E-state index >= 15 is 0 Å². The summed E-state index contributed by atoms with van der Waals surface area (Å²) in [7, 11) is 0. The van der Waals surface area contributed by atoms with Crippen LogP contribution in [0.1, 0.15) is 26.7 Å². The van der Waals surface area contributed by atoms with Crippen LogP contribution in [-0.2, 0) is 9.59 Å². The Labute approximate surface area is 93.9 Å². The molecule has 0 saturated heterocycles. The first kappa shape index (κ1) is 14.2. The van der Waals surface area contributed by atoms with Crippen LogP contribution in [0, 0.1) is 0 Å². The molecule has 0 unspecified atom stereocenters. The average molecular weight is 230 g/mol. The van der Waals surface area contributed by atoms with Crippen LogP contribution in [0.5, 0.6) is 0 Å². The number of carbonyl (C=O) groups excluding carboxylic acids is 3. The van der Waals surface area contributed by atoms with Gasteiger partial charge in [0.05, 0.1) is 0 Å². The molecule has 0 aliphatic heterocycles. The van der Waals surface area contributed by atoms with Crippen molar-refractivity contribution in [2.75, 3.05) is 0 Å². The summed E-state index contributed by atoms with van der Waals surface area (Å²) in [6.07, 6.45) is 1.71. The van der Waals surface area contributed by atoms with E-state index in [1.165, 1.54) is 0 Å². The van der Waals surface area contributed by atoms with Crippen molar-refractivity contribution in [1.82, 2.24) is 10.6 Å². The molecular formula is C9H18N4O3. The van der Waals surface area contributed by atoms with Gasteiger partial charge >= 0.3 is 6.03 Å². The van der Waals surface area contributed by atoms with Gasteiger partial charge in [0.1, 0.15) is 0 Å². The van der Waals surface area contributed by atoms with Gasteiger partial charge in [-0.05, 0) is 13.3 Å². The highest BCUT2D eigenvalue weighted by Crippen LogP contribution is 1.94. The zero-order chi connectivity index (χ0) is 12.7. The highest BCUT2D eigenvalue weighted by Gasteiger charge is 2.23. The van der Waals surface area contributed by atoms with E-state index in [1.54, 1.807) is 0 Å². The van der Waals surface area contributed by atoms with Gasteiger partial charge in [-0.2, -0.15) is 0 Å². The van der Waals surface area contributed by atoms with E-state index in [2.05, 4.69) is 10.6 Å². The van der Waals surface area contributed by atoms with Crippen LogP contribution < -0.4 is 22.1 Å². The molecule has 92 valence electrons. The van der Waals surface area contributed by atoms with Crippen LogP contribution in [-0.4, -0.2) is 29.9 Å². The molecule has 1 atom stereocenters. The van der Waals surface area contributed by atoms with Crippen molar-refractivity contribution < 1.29 is 14.4 Å². The lowest BCUT2D eigenvalue weighted by atomic mass is 10.2. The molecule has 4 amide bonds. The Morgan fingerprint density at radius 3 is 2.00 bits per heavy atom. The molecule has 7 nitrogen and oxygen atoms in total. The van der Waals surface area contributed by atoms with Gasteiger partial charge in [-0.3, -0.25) is 9.59 Å². The smallest absolute Gasteiger partial charge is 0.316 e. The Hall–Kier alpha value is -1.79. The number of rotatable bonds is 6. The van der Waals surface area contributed by atoms with Gasteiger partial charge in [-0.25, -0.2) is 4.79 Å². The molecule has 0 radical (unpaired) electrons. The minimum atomic E-state index is -1.48. The lowest BCUT2D eigenvalue weighted by Crippen LogP contribution is -2.55. The van der Waals surface area contributed by atoms with E-state index in [9.17, 15) is 14.4 Å². The molecule has 6 N–H and O–H groups in total. The predicted molar refractivity (Wildman–Crippen MR) is 58.2 cm³/mol. The number of carbonyl (C=O) groups is 3. The van der Waals surface area contributed by atoms with Crippen LogP contribution in [0.25, 0.3) is 0 Å². The van der Waals surface area contributed by atoms with E-state index in [-0.39, 0.29) is 6.04 Å². The SMILES string of the molecule is CCC[C@H](C)NC(=O)NC(C(N)=O)C(N)=O. The van der Waals surface area contributed by atoms with Crippen molar-refractivity contribution in [2.24, 2.45) is 11.5 Å². The Morgan fingerprint density at radius 1 is 1.12 bits per heavy atom. The van der Waals surface area contributed by atoms with Crippen LogP contribution in [0.15, 0.2) is 0 Å². The van der Waals surface area contributed by atoms with Crippen molar-refractivity contribution in [3.63, 3.8) is 0 Å². The Morgan fingerprint density at radius 2 is 1.62 bits per heavy atom. The second kappa shape index (κ2) is 6.65. The number of amides is 4. The summed E-state index contributed by atoms with van der Waals surface area (Å²) < 4.78 is 0. The summed E-state index contributed by atoms with van der Waals surface area (Å²) in [4.78, 5) is 32.8. The number of primary amides is 2. The van der Waals surface area contributed by atoms with Gasteiger partial charge in [0.25, 0.3) is 0 Å². The molecule has 0 aromatic carbocycles. The molecule has 0 rings (SSSR count). The first-order valence-electron chi connectivity index (χ1n) is 5.04. The second-order valence-corrected chi connectivity index (χ2v) is 3.55. The molecule has 0 aromatic rings. The maximum absolute atomic E-state index is 11.3. The summed E-state index contributed by atoms with van der Waals surface area (Å²) in [5.74, 6) is -1.96. The zero-order valence-corrected chi connectivity index (χ0v) is 9.45. The number of nitrogens with one attached hydrogen (secondary N) is 2. The molecule has 0 fully saturated rings. The third-order valence-corrected chi connectivity index (χ3v) is 1.94. The number of nitrogens with two attached hydrogens (primary N) is 2. The quantitative estimate of drug-likeness (QED) is 0.428. The van der Waals surface area contributed by atoms with E-state index < -0.39 is 23.9 Å². The van der Waals surface area contributed by atoms with Gasteiger partial charge in [0.2, 0.25) is 11.8 Å². The topological polar surface area (TPSA) is 127 Å². The van der Waals surface area contributed by atoms with Gasteiger partial charge in [0.15, 0.2) is 6.04 Å². The average Bonchev–Trinajstić information content (AvgIpc) is 2.13. The van der Waals surface area contributed by atoms with Crippen LogP contribution in [0.3, 0.4) is 0 Å². The fourth-order valence-corrected chi connectivity index (χ4v) is 1.18. The predicted octanol–water partition coefficient (Wildman–Crippen LogP) is -1.19. The van der Waals surface area contributed by atoms with Crippen LogP contribution in [0.2, 0.25) is 0 Å². The number of urea groups is 1. The van der Waals surface area contributed by atoms with E-state index in [1.807, 2.05) is 13.8 Å². The number of hydrogen-bond acceptors (Lipinski definition) is 3. The van der Waals surface area contributed by atoms with Crippen molar-refractivity contribution in [3.8, 4) is 0 Å². The monoisotopic (exact) mass is 230 g/mol. The summed E-state index contributed by atoms with van der Waals surface area (Å²) in [6, 6.07) is -2.16. The molecule has 7 heteroatoms. The summed E-state index contributed by atoms with van der Waals surface area (Å²) >= 11 is 0. The summed E-state index contributed by atoms with van der Waals surface area (Å²) in [5, 5.41) is 4.66. The third kappa shape index (κ3) is 5.18. The first-order valence-corrected chi connectivity index (χ1v) is 5.04. The maximum Gasteiger partial charge on any atom is 0.316 e. The molecule has 0 heterocycles. The largest absolute Gasteiger partial charge is 0.367 e. The third-order valence-electron chi connectivity index (χ3n) is 1.94. The lowest BCUT2D eigenvalue weighted by Gasteiger charge is -2.16. The molecule has 0 spiro atoms. The van der Waals surface area contributed by atoms with Crippen molar-refractivity contribution >= 4 is 17.8 Å². The normalized spacial score (nSPS) is 11.9. The highest BCUT2D eigenvalue weighted by atomic mass is 16.2. The molecule has 0 bridgehead atoms. The number of hydrogen-bond donors (Lipinski definition) is 4. The highest BCUT2D eigenvalue weighted by molar-refractivity contribution is 6.05. The van der Waals surface area contributed by atoms with Gasteiger partial charge in [0, 0.05) is 6.04 Å². The molecular weight excluding hydrogens is 212 g/mol. The van der Waals surface area contributed by atoms with Crippen molar-refractivity contribution in [3.05, 3.63) is 0 Å². The van der Waals surface area contributed by atoms with Gasteiger partial charge < -0.3 is 22.1 Å². The van der Waals surface area contributed by atoms with Crippen LogP contribution >= 0.6 is 0 Å². The molecule has 0 aliphatic rings. The first-order chi connectivity index (χ1) is 7.38. The van der Waals surface area contributed by atoms with Crippen molar-refractivity contribution in [2.45, 2.75) is 38.8 Å². The molecule has 0 saturated carbocycles. The zero-order valence-electron chi connectivity index (χ0n) is 9.45. The van der Waals surface area contributed by atoms with Gasteiger partial charge in [-0.1, -0.05) is 13.3 Å². The summed E-state index contributed by atoms with van der Waals surface area (Å²) in [6.45, 7) is 3.79. The molecule has 16 heavy (non-hydrogen) atoms. The fourth-order valence-electron chi connectivity index (χ4n) is 1.18. The minimum Gasteiger partial charge on any atom is -0.367 e. The van der Waals surface area contributed by atoms with E-state index in [4.69, 9.17) is 11.5 Å². The molecule has 0 aliphatic carbocycles. The van der Waals surface area contributed by atoms with Crippen molar-refractivity contribution in [1.29, 1.82) is 0 Å². The molecule has 0 aromatic heterocycles.